The zero-order chi connectivity index (χ0) is 16.9. The highest BCUT2D eigenvalue weighted by molar-refractivity contribution is 5.61. The minimum atomic E-state index is -0.287. The molecule has 24 heavy (non-hydrogen) atoms. The molecule has 0 bridgehead atoms. The number of pyridine rings is 1. The zero-order valence-corrected chi connectivity index (χ0v) is 14.6. The van der Waals surface area contributed by atoms with Gasteiger partial charge in [-0.3, -0.25) is 4.98 Å². The van der Waals surface area contributed by atoms with Gasteiger partial charge in [-0.05, 0) is 68.2 Å². The van der Waals surface area contributed by atoms with Gasteiger partial charge < -0.3 is 4.74 Å². The monoisotopic (exact) mass is 327 g/mol. The van der Waals surface area contributed by atoms with E-state index in [1.807, 2.05) is 19.2 Å². The minimum absolute atomic E-state index is 0.287. The molecule has 1 heterocycles. The largest absolute Gasteiger partial charge is 0.494 e. The third-order valence-corrected chi connectivity index (χ3v) is 5.21. The Morgan fingerprint density at radius 3 is 2.46 bits per heavy atom. The van der Waals surface area contributed by atoms with Gasteiger partial charge in [-0.2, -0.15) is 0 Å². The Kier molecular flexibility index (Phi) is 5.49. The van der Waals surface area contributed by atoms with Gasteiger partial charge >= 0.3 is 0 Å². The Morgan fingerprint density at radius 1 is 1.08 bits per heavy atom. The van der Waals surface area contributed by atoms with Crippen molar-refractivity contribution < 1.29 is 9.13 Å². The van der Waals surface area contributed by atoms with E-state index in [0.29, 0.717) is 29.5 Å². The minimum Gasteiger partial charge on any atom is -0.494 e. The van der Waals surface area contributed by atoms with Crippen LogP contribution in [0.25, 0.3) is 11.3 Å². The number of nitrogens with zero attached hydrogens (tertiary/aromatic N) is 1. The lowest BCUT2D eigenvalue weighted by molar-refractivity contribution is 0.318. The van der Waals surface area contributed by atoms with Gasteiger partial charge in [0.2, 0.25) is 0 Å². The van der Waals surface area contributed by atoms with Gasteiger partial charge in [-0.25, -0.2) is 4.39 Å². The van der Waals surface area contributed by atoms with Crippen molar-refractivity contribution in [3.05, 3.63) is 47.9 Å². The first-order valence-electron chi connectivity index (χ1n) is 9.10. The lowest BCUT2D eigenvalue weighted by atomic mass is 9.78. The highest BCUT2D eigenvalue weighted by Crippen LogP contribution is 2.37. The van der Waals surface area contributed by atoms with Crippen molar-refractivity contribution in [2.45, 2.75) is 51.9 Å². The average Bonchev–Trinajstić information content (AvgIpc) is 2.62. The van der Waals surface area contributed by atoms with E-state index in [4.69, 9.17) is 4.74 Å². The van der Waals surface area contributed by atoms with Crippen molar-refractivity contribution in [1.29, 1.82) is 0 Å². The predicted octanol–water partition coefficient (Wildman–Crippen LogP) is 5.97. The maximum atomic E-state index is 14.3. The molecule has 3 rings (SSSR count). The SMILES string of the molecule is CCOc1ccc(-c2ccc(C3CCC(CC)CC3)cn2)c(F)c1. The van der Waals surface area contributed by atoms with Crippen LogP contribution in [0.3, 0.4) is 0 Å². The van der Waals surface area contributed by atoms with Gasteiger partial charge in [0.15, 0.2) is 0 Å². The maximum Gasteiger partial charge on any atom is 0.136 e. The molecule has 1 fully saturated rings. The molecule has 0 N–H and O–H groups in total. The summed E-state index contributed by atoms with van der Waals surface area (Å²) in [6.07, 6.45) is 8.35. The Labute approximate surface area is 144 Å². The first kappa shape index (κ1) is 16.9. The maximum absolute atomic E-state index is 14.3. The van der Waals surface area contributed by atoms with Gasteiger partial charge in [0.05, 0.1) is 12.3 Å². The molecule has 1 saturated carbocycles. The fourth-order valence-corrected chi connectivity index (χ4v) is 3.67. The van der Waals surface area contributed by atoms with Crippen LogP contribution in [0.1, 0.15) is 57.4 Å². The average molecular weight is 327 g/mol. The van der Waals surface area contributed by atoms with E-state index in [1.165, 1.54) is 43.7 Å². The second-order valence-electron chi connectivity index (χ2n) is 6.68. The Morgan fingerprint density at radius 2 is 1.88 bits per heavy atom. The summed E-state index contributed by atoms with van der Waals surface area (Å²) in [7, 11) is 0. The number of rotatable bonds is 5. The van der Waals surface area contributed by atoms with Crippen LogP contribution in [0.4, 0.5) is 4.39 Å². The van der Waals surface area contributed by atoms with Crippen molar-refractivity contribution in [3.63, 3.8) is 0 Å². The lowest BCUT2D eigenvalue weighted by Crippen LogP contribution is -2.12. The van der Waals surface area contributed by atoms with Crippen LogP contribution >= 0.6 is 0 Å². The zero-order valence-electron chi connectivity index (χ0n) is 14.6. The highest BCUT2D eigenvalue weighted by Gasteiger charge is 2.21. The van der Waals surface area contributed by atoms with Crippen LogP contribution < -0.4 is 4.74 Å². The lowest BCUT2D eigenvalue weighted by Gasteiger charge is -2.27. The molecule has 0 saturated heterocycles. The molecule has 3 heteroatoms. The van der Waals surface area contributed by atoms with E-state index in [0.717, 1.165) is 5.92 Å². The van der Waals surface area contributed by atoms with E-state index < -0.39 is 0 Å². The molecule has 1 aliphatic carbocycles. The molecule has 0 amide bonds. The molecule has 2 nitrogen and oxygen atoms in total. The van der Waals surface area contributed by atoms with Crippen LogP contribution in [-0.4, -0.2) is 11.6 Å². The topological polar surface area (TPSA) is 22.1 Å². The normalized spacial score (nSPS) is 20.8. The fraction of sp³-hybridized carbons (Fsp3) is 0.476. The van der Waals surface area contributed by atoms with Gasteiger partial charge in [0, 0.05) is 17.8 Å². The molecular weight excluding hydrogens is 301 g/mol. The number of aromatic nitrogens is 1. The van der Waals surface area contributed by atoms with E-state index in [-0.39, 0.29) is 5.82 Å². The number of hydrogen-bond acceptors (Lipinski definition) is 2. The van der Waals surface area contributed by atoms with Crippen molar-refractivity contribution in [2.75, 3.05) is 6.61 Å². The second-order valence-corrected chi connectivity index (χ2v) is 6.68. The van der Waals surface area contributed by atoms with Crippen LogP contribution in [0, 0.1) is 11.7 Å². The molecular formula is C21H26FNO. The summed E-state index contributed by atoms with van der Waals surface area (Å²) in [6.45, 7) is 4.71. The first-order chi connectivity index (χ1) is 11.7. The number of ether oxygens (including phenoxy) is 1. The summed E-state index contributed by atoms with van der Waals surface area (Å²) in [5, 5.41) is 0. The van der Waals surface area contributed by atoms with Crippen molar-refractivity contribution >= 4 is 0 Å². The third kappa shape index (κ3) is 3.77. The molecule has 1 aromatic carbocycles. The highest BCUT2D eigenvalue weighted by atomic mass is 19.1. The van der Waals surface area contributed by atoms with Crippen LogP contribution in [0.15, 0.2) is 36.5 Å². The number of benzene rings is 1. The summed E-state index contributed by atoms with van der Waals surface area (Å²) in [5.41, 5.74) is 2.50. The smallest absolute Gasteiger partial charge is 0.136 e. The summed E-state index contributed by atoms with van der Waals surface area (Å²) in [4.78, 5) is 4.52. The summed E-state index contributed by atoms with van der Waals surface area (Å²) in [5.74, 6) is 1.78. The first-order valence-corrected chi connectivity index (χ1v) is 9.10. The van der Waals surface area contributed by atoms with Gasteiger partial charge in [0.25, 0.3) is 0 Å². The second kappa shape index (κ2) is 7.78. The molecule has 128 valence electrons. The predicted molar refractivity (Wildman–Crippen MR) is 95.8 cm³/mol. The summed E-state index contributed by atoms with van der Waals surface area (Å²) < 4.78 is 19.6. The summed E-state index contributed by atoms with van der Waals surface area (Å²) >= 11 is 0. The molecule has 2 aromatic rings. The van der Waals surface area contributed by atoms with E-state index in [1.54, 1.807) is 12.1 Å². The van der Waals surface area contributed by atoms with Gasteiger partial charge in [0.1, 0.15) is 11.6 Å². The molecule has 0 atom stereocenters. The molecule has 0 aliphatic heterocycles. The quantitative estimate of drug-likeness (QED) is 0.675. The third-order valence-electron chi connectivity index (χ3n) is 5.21. The molecule has 0 radical (unpaired) electrons. The van der Waals surface area contributed by atoms with E-state index in [9.17, 15) is 4.39 Å². The standard InChI is InChI=1S/C21H26FNO/c1-3-15-5-7-16(8-6-15)17-9-12-21(23-14-17)19-11-10-18(24-4-2)13-20(19)22/h9-16H,3-8H2,1-2H3. The fourth-order valence-electron chi connectivity index (χ4n) is 3.67. The Bertz CT molecular complexity index is 660. The Balaban J connectivity index is 1.73. The number of halogens is 1. The van der Waals surface area contributed by atoms with Crippen LogP contribution in [0.2, 0.25) is 0 Å². The molecule has 1 aromatic heterocycles. The van der Waals surface area contributed by atoms with Gasteiger partial charge in [-0.15, -0.1) is 0 Å². The van der Waals surface area contributed by atoms with Crippen LogP contribution in [-0.2, 0) is 0 Å². The summed E-state index contributed by atoms with van der Waals surface area (Å²) in [6, 6.07) is 9.04. The van der Waals surface area contributed by atoms with Crippen molar-refractivity contribution in [2.24, 2.45) is 5.92 Å². The van der Waals surface area contributed by atoms with Crippen LogP contribution in [0.5, 0.6) is 5.75 Å². The van der Waals surface area contributed by atoms with Crippen molar-refractivity contribution in [3.8, 4) is 17.0 Å². The number of hydrogen-bond donors (Lipinski definition) is 0. The molecule has 1 aliphatic rings. The Hall–Kier alpha value is -1.90. The molecule has 0 spiro atoms. The van der Waals surface area contributed by atoms with Crippen molar-refractivity contribution in [1.82, 2.24) is 4.98 Å². The van der Waals surface area contributed by atoms with Gasteiger partial charge in [-0.1, -0.05) is 19.4 Å². The molecule has 0 unspecified atom stereocenters. The van der Waals surface area contributed by atoms with E-state index in [2.05, 4.69) is 18.0 Å². The van der Waals surface area contributed by atoms with E-state index >= 15 is 0 Å².